The molecule has 0 aliphatic heterocycles. The van der Waals surface area contributed by atoms with Gasteiger partial charge in [0.1, 0.15) is 11.6 Å². The molecule has 18 heavy (non-hydrogen) atoms. The van der Waals surface area contributed by atoms with Gasteiger partial charge in [0, 0.05) is 10.7 Å². The van der Waals surface area contributed by atoms with E-state index < -0.39 is 11.7 Å². The van der Waals surface area contributed by atoms with Crippen molar-refractivity contribution in [3.63, 3.8) is 0 Å². The van der Waals surface area contributed by atoms with E-state index in [1.807, 2.05) is 0 Å². The van der Waals surface area contributed by atoms with E-state index in [4.69, 9.17) is 0 Å². The highest BCUT2D eigenvalue weighted by Gasteiger charge is 2.12. The number of amides is 1. The fourth-order valence-corrected chi connectivity index (χ4v) is 1.68. The molecule has 0 radical (unpaired) electrons. The third-order valence-electron chi connectivity index (χ3n) is 2.34. The van der Waals surface area contributed by atoms with Crippen LogP contribution in [-0.4, -0.2) is 10.9 Å². The number of hydrogen-bond donors (Lipinski definition) is 1. The number of rotatable bonds is 2. The standard InChI is InChI=1S/C13H10BrFN2O/c1-8-2-4-11(15)10(6-8)13(18)17-12-5-3-9(14)7-16-12/h2-7H,1H3,(H,16,17,18). The van der Waals surface area contributed by atoms with Crippen molar-refractivity contribution in [2.24, 2.45) is 0 Å². The molecule has 0 saturated carbocycles. The predicted molar refractivity (Wildman–Crippen MR) is 71.0 cm³/mol. The van der Waals surface area contributed by atoms with Crippen molar-refractivity contribution in [2.75, 3.05) is 5.32 Å². The fourth-order valence-electron chi connectivity index (χ4n) is 1.45. The van der Waals surface area contributed by atoms with Crippen LogP contribution in [0.5, 0.6) is 0 Å². The van der Waals surface area contributed by atoms with Gasteiger partial charge < -0.3 is 5.32 Å². The molecular formula is C13H10BrFN2O. The van der Waals surface area contributed by atoms with Crippen molar-refractivity contribution >= 4 is 27.7 Å². The van der Waals surface area contributed by atoms with Crippen LogP contribution in [0.2, 0.25) is 0 Å². The minimum absolute atomic E-state index is 0.0136. The Labute approximate surface area is 112 Å². The number of nitrogens with zero attached hydrogens (tertiary/aromatic N) is 1. The van der Waals surface area contributed by atoms with Gasteiger partial charge in [0.05, 0.1) is 5.56 Å². The average molecular weight is 309 g/mol. The number of aryl methyl sites for hydroxylation is 1. The van der Waals surface area contributed by atoms with E-state index in [2.05, 4.69) is 26.2 Å². The highest BCUT2D eigenvalue weighted by molar-refractivity contribution is 9.10. The highest BCUT2D eigenvalue weighted by Crippen LogP contribution is 2.14. The minimum atomic E-state index is -0.546. The molecule has 0 aliphatic rings. The largest absolute Gasteiger partial charge is 0.306 e. The van der Waals surface area contributed by atoms with Crippen molar-refractivity contribution in [1.82, 2.24) is 4.98 Å². The number of benzene rings is 1. The molecule has 0 unspecified atom stereocenters. The molecule has 0 saturated heterocycles. The van der Waals surface area contributed by atoms with E-state index in [9.17, 15) is 9.18 Å². The summed E-state index contributed by atoms with van der Waals surface area (Å²) in [6, 6.07) is 7.78. The summed E-state index contributed by atoms with van der Waals surface area (Å²) in [7, 11) is 0. The first-order chi connectivity index (χ1) is 8.56. The molecule has 0 atom stereocenters. The molecule has 92 valence electrons. The van der Waals surface area contributed by atoms with Crippen LogP contribution >= 0.6 is 15.9 Å². The lowest BCUT2D eigenvalue weighted by atomic mass is 10.1. The second-order valence-electron chi connectivity index (χ2n) is 3.80. The van der Waals surface area contributed by atoms with E-state index in [1.165, 1.54) is 12.1 Å². The summed E-state index contributed by atoms with van der Waals surface area (Å²) >= 11 is 3.24. The zero-order valence-electron chi connectivity index (χ0n) is 9.58. The first-order valence-electron chi connectivity index (χ1n) is 5.25. The topological polar surface area (TPSA) is 42.0 Å². The molecule has 1 heterocycles. The summed E-state index contributed by atoms with van der Waals surface area (Å²) in [6.07, 6.45) is 1.56. The van der Waals surface area contributed by atoms with Gasteiger partial charge in [-0.05, 0) is 47.1 Å². The maximum Gasteiger partial charge on any atom is 0.259 e. The van der Waals surface area contributed by atoms with Crippen LogP contribution in [0.25, 0.3) is 0 Å². The second-order valence-corrected chi connectivity index (χ2v) is 4.71. The number of aromatic nitrogens is 1. The van der Waals surface area contributed by atoms with Crippen molar-refractivity contribution in [3.8, 4) is 0 Å². The van der Waals surface area contributed by atoms with Crippen LogP contribution in [0.4, 0.5) is 10.2 Å². The van der Waals surface area contributed by atoms with Gasteiger partial charge >= 0.3 is 0 Å². The molecule has 0 fully saturated rings. The first-order valence-corrected chi connectivity index (χ1v) is 6.04. The van der Waals surface area contributed by atoms with Crippen molar-refractivity contribution in [1.29, 1.82) is 0 Å². The Morgan fingerprint density at radius 2 is 2.11 bits per heavy atom. The molecule has 0 spiro atoms. The molecule has 1 aromatic heterocycles. The summed E-state index contributed by atoms with van der Waals surface area (Å²) in [5.41, 5.74) is 0.838. The van der Waals surface area contributed by atoms with Crippen LogP contribution in [-0.2, 0) is 0 Å². The molecule has 0 aliphatic carbocycles. The quantitative estimate of drug-likeness (QED) is 0.922. The molecule has 1 amide bonds. The van der Waals surface area contributed by atoms with Gasteiger partial charge in [-0.15, -0.1) is 0 Å². The summed E-state index contributed by atoms with van der Waals surface area (Å²) in [6.45, 7) is 1.80. The van der Waals surface area contributed by atoms with Crippen LogP contribution in [0.3, 0.4) is 0 Å². The Kier molecular flexibility index (Phi) is 3.72. The summed E-state index contributed by atoms with van der Waals surface area (Å²) in [5.74, 6) is -0.676. The van der Waals surface area contributed by atoms with Crippen molar-refractivity contribution in [2.45, 2.75) is 6.92 Å². The number of anilines is 1. The Morgan fingerprint density at radius 1 is 1.33 bits per heavy atom. The molecule has 0 bridgehead atoms. The van der Waals surface area contributed by atoms with E-state index >= 15 is 0 Å². The number of hydrogen-bond acceptors (Lipinski definition) is 2. The maximum atomic E-state index is 13.5. The molecule has 3 nitrogen and oxygen atoms in total. The molecular weight excluding hydrogens is 299 g/mol. The lowest BCUT2D eigenvalue weighted by molar-refractivity contribution is 0.102. The molecule has 2 aromatic rings. The number of pyridine rings is 1. The smallest absolute Gasteiger partial charge is 0.259 e. The number of nitrogens with one attached hydrogen (secondary N) is 1. The highest BCUT2D eigenvalue weighted by atomic mass is 79.9. The van der Waals surface area contributed by atoms with Gasteiger partial charge in [0.2, 0.25) is 0 Å². The van der Waals surface area contributed by atoms with Crippen LogP contribution < -0.4 is 5.32 Å². The van der Waals surface area contributed by atoms with Gasteiger partial charge in [-0.2, -0.15) is 0 Å². The van der Waals surface area contributed by atoms with Gasteiger partial charge in [0.15, 0.2) is 0 Å². The van der Waals surface area contributed by atoms with Crippen LogP contribution in [0, 0.1) is 12.7 Å². The summed E-state index contributed by atoms with van der Waals surface area (Å²) in [5, 5.41) is 2.54. The lowest BCUT2D eigenvalue weighted by Gasteiger charge is -2.06. The molecule has 1 aromatic carbocycles. The van der Waals surface area contributed by atoms with Crippen molar-refractivity contribution < 1.29 is 9.18 Å². The Bertz CT molecular complexity index is 584. The van der Waals surface area contributed by atoms with E-state index in [-0.39, 0.29) is 5.56 Å². The van der Waals surface area contributed by atoms with Crippen LogP contribution in [0.1, 0.15) is 15.9 Å². The minimum Gasteiger partial charge on any atom is -0.306 e. The van der Waals surface area contributed by atoms with Gasteiger partial charge in [-0.25, -0.2) is 9.37 Å². The predicted octanol–water partition coefficient (Wildman–Crippen LogP) is 3.54. The Morgan fingerprint density at radius 3 is 2.78 bits per heavy atom. The van der Waals surface area contributed by atoms with Crippen LogP contribution in [0.15, 0.2) is 41.0 Å². The van der Waals surface area contributed by atoms with E-state index in [1.54, 1.807) is 31.3 Å². The first kappa shape index (κ1) is 12.7. The average Bonchev–Trinajstić information content (AvgIpc) is 2.35. The molecule has 2 rings (SSSR count). The zero-order valence-corrected chi connectivity index (χ0v) is 11.2. The van der Waals surface area contributed by atoms with Gasteiger partial charge in [0.25, 0.3) is 5.91 Å². The molecule has 1 N–H and O–H groups in total. The van der Waals surface area contributed by atoms with Crippen molar-refractivity contribution in [3.05, 3.63) is 57.9 Å². The fraction of sp³-hybridized carbons (Fsp3) is 0.0769. The SMILES string of the molecule is Cc1ccc(F)c(C(=O)Nc2ccc(Br)cn2)c1. The lowest BCUT2D eigenvalue weighted by Crippen LogP contribution is -2.14. The monoisotopic (exact) mass is 308 g/mol. The second kappa shape index (κ2) is 5.27. The zero-order chi connectivity index (χ0) is 13.1. The number of carbonyl (C=O) groups is 1. The molecule has 5 heteroatoms. The number of carbonyl (C=O) groups excluding carboxylic acids is 1. The number of halogens is 2. The maximum absolute atomic E-state index is 13.5. The van der Waals surface area contributed by atoms with E-state index in [0.717, 1.165) is 10.0 Å². The Hall–Kier alpha value is -1.75. The summed E-state index contributed by atoms with van der Waals surface area (Å²) in [4.78, 5) is 15.9. The normalized spacial score (nSPS) is 10.2. The Balaban J connectivity index is 2.21. The van der Waals surface area contributed by atoms with Gasteiger partial charge in [-0.3, -0.25) is 4.79 Å². The van der Waals surface area contributed by atoms with E-state index in [0.29, 0.717) is 5.82 Å². The third kappa shape index (κ3) is 2.92. The summed E-state index contributed by atoms with van der Waals surface area (Å²) < 4.78 is 14.3. The van der Waals surface area contributed by atoms with Gasteiger partial charge in [-0.1, -0.05) is 11.6 Å². The third-order valence-corrected chi connectivity index (χ3v) is 2.80.